The van der Waals surface area contributed by atoms with Crippen LogP contribution >= 0.6 is 0 Å². The van der Waals surface area contributed by atoms with E-state index in [4.69, 9.17) is 0 Å². The van der Waals surface area contributed by atoms with E-state index in [2.05, 4.69) is 19.2 Å². The van der Waals surface area contributed by atoms with Crippen molar-refractivity contribution in [3.8, 4) is 0 Å². The second kappa shape index (κ2) is 7.77. The summed E-state index contributed by atoms with van der Waals surface area (Å²) in [5.41, 5.74) is 0.806. The quantitative estimate of drug-likeness (QED) is 0.841. The van der Waals surface area contributed by atoms with Crippen LogP contribution in [0.1, 0.15) is 32.8 Å². The van der Waals surface area contributed by atoms with Crippen molar-refractivity contribution in [1.82, 2.24) is 10.2 Å². The lowest BCUT2D eigenvalue weighted by molar-refractivity contribution is 0.197. The van der Waals surface area contributed by atoms with Gasteiger partial charge in [0, 0.05) is 19.6 Å². The van der Waals surface area contributed by atoms with E-state index in [-0.39, 0.29) is 11.8 Å². The van der Waals surface area contributed by atoms with Gasteiger partial charge in [-0.2, -0.15) is 0 Å². The molecule has 0 aromatic heterocycles. The van der Waals surface area contributed by atoms with E-state index in [0.29, 0.717) is 25.6 Å². The van der Waals surface area contributed by atoms with E-state index in [1.807, 2.05) is 13.0 Å². The van der Waals surface area contributed by atoms with Gasteiger partial charge in [0.25, 0.3) is 0 Å². The molecular weight excluding hydrogens is 243 g/mol. The Morgan fingerprint density at radius 3 is 2.74 bits per heavy atom. The molecule has 0 bridgehead atoms. The van der Waals surface area contributed by atoms with E-state index in [0.717, 1.165) is 12.0 Å². The zero-order valence-electron chi connectivity index (χ0n) is 11.9. The Hall–Kier alpha value is -1.58. The van der Waals surface area contributed by atoms with Gasteiger partial charge in [-0.3, -0.25) is 0 Å². The lowest BCUT2D eigenvalue weighted by atomic mass is 10.1. The number of benzene rings is 1. The molecule has 0 unspecified atom stereocenters. The summed E-state index contributed by atoms with van der Waals surface area (Å²) in [6.07, 6.45) is 0.962. The molecule has 2 amide bonds. The van der Waals surface area contributed by atoms with Gasteiger partial charge in [0.15, 0.2) is 0 Å². The van der Waals surface area contributed by atoms with Gasteiger partial charge >= 0.3 is 6.03 Å². The van der Waals surface area contributed by atoms with E-state index in [1.54, 1.807) is 11.0 Å². The Kier molecular flexibility index (Phi) is 6.33. The van der Waals surface area contributed by atoms with Gasteiger partial charge in [-0.05, 0) is 37.0 Å². The fourth-order valence-corrected chi connectivity index (χ4v) is 1.76. The highest BCUT2D eigenvalue weighted by molar-refractivity contribution is 5.74. The standard InChI is InChI=1S/C15H23FN2O/c1-4-18(15(19)17-9-8-12(2)3)11-13-6-5-7-14(16)10-13/h5-7,10,12H,4,8-9,11H2,1-3H3,(H,17,19). The van der Waals surface area contributed by atoms with E-state index in [1.165, 1.54) is 12.1 Å². The minimum absolute atomic E-state index is 0.0904. The molecule has 19 heavy (non-hydrogen) atoms. The van der Waals surface area contributed by atoms with E-state index in [9.17, 15) is 9.18 Å². The first-order chi connectivity index (χ1) is 9.02. The molecule has 0 aliphatic rings. The number of halogens is 1. The van der Waals surface area contributed by atoms with Gasteiger partial charge in [-0.1, -0.05) is 26.0 Å². The van der Waals surface area contributed by atoms with Crippen molar-refractivity contribution in [2.45, 2.75) is 33.7 Å². The predicted octanol–water partition coefficient (Wildman–Crippen LogP) is 3.40. The molecular formula is C15H23FN2O. The molecule has 0 saturated heterocycles. The molecule has 0 saturated carbocycles. The average Bonchev–Trinajstić information content (AvgIpc) is 2.35. The van der Waals surface area contributed by atoms with Crippen molar-refractivity contribution < 1.29 is 9.18 Å². The Balaban J connectivity index is 2.50. The molecule has 0 aliphatic carbocycles. The first-order valence-electron chi connectivity index (χ1n) is 6.80. The Morgan fingerprint density at radius 2 is 2.16 bits per heavy atom. The monoisotopic (exact) mass is 266 g/mol. The van der Waals surface area contributed by atoms with Gasteiger partial charge in [0.05, 0.1) is 0 Å². The molecule has 106 valence electrons. The lowest BCUT2D eigenvalue weighted by Crippen LogP contribution is -2.40. The summed E-state index contributed by atoms with van der Waals surface area (Å²) in [7, 11) is 0. The highest BCUT2D eigenvalue weighted by Gasteiger charge is 2.11. The summed E-state index contributed by atoms with van der Waals surface area (Å²) < 4.78 is 13.1. The van der Waals surface area contributed by atoms with Crippen molar-refractivity contribution in [3.63, 3.8) is 0 Å². The molecule has 0 fully saturated rings. The number of nitrogens with one attached hydrogen (secondary N) is 1. The first-order valence-corrected chi connectivity index (χ1v) is 6.80. The second-order valence-electron chi connectivity index (χ2n) is 5.06. The van der Waals surface area contributed by atoms with Crippen LogP contribution in [0, 0.1) is 11.7 Å². The number of hydrogen-bond acceptors (Lipinski definition) is 1. The highest BCUT2D eigenvalue weighted by atomic mass is 19.1. The van der Waals surface area contributed by atoms with Crippen molar-refractivity contribution in [2.24, 2.45) is 5.92 Å². The fraction of sp³-hybridized carbons (Fsp3) is 0.533. The molecule has 1 rings (SSSR count). The smallest absolute Gasteiger partial charge is 0.317 e. The van der Waals surface area contributed by atoms with Crippen molar-refractivity contribution >= 4 is 6.03 Å². The summed E-state index contributed by atoms with van der Waals surface area (Å²) in [4.78, 5) is 13.6. The summed E-state index contributed by atoms with van der Waals surface area (Å²) in [6, 6.07) is 6.27. The van der Waals surface area contributed by atoms with Crippen LogP contribution in [0.25, 0.3) is 0 Å². The third-order valence-corrected chi connectivity index (χ3v) is 2.93. The Labute approximate surface area is 114 Å². The maximum Gasteiger partial charge on any atom is 0.317 e. The first kappa shape index (κ1) is 15.5. The van der Waals surface area contributed by atoms with E-state index >= 15 is 0 Å². The molecule has 0 radical (unpaired) electrons. The molecule has 4 heteroatoms. The zero-order chi connectivity index (χ0) is 14.3. The Morgan fingerprint density at radius 1 is 1.42 bits per heavy atom. The zero-order valence-corrected chi connectivity index (χ0v) is 11.9. The highest BCUT2D eigenvalue weighted by Crippen LogP contribution is 2.07. The number of carbonyl (C=O) groups is 1. The average molecular weight is 266 g/mol. The topological polar surface area (TPSA) is 32.3 Å². The number of carbonyl (C=O) groups excluding carboxylic acids is 1. The lowest BCUT2D eigenvalue weighted by Gasteiger charge is -2.21. The van der Waals surface area contributed by atoms with Gasteiger partial charge < -0.3 is 10.2 Å². The summed E-state index contributed by atoms with van der Waals surface area (Å²) in [6.45, 7) is 7.87. The van der Waals surface area contributed by atoms with Gasteiger partial charge in [0.1, 0.15) is 5.82 Å². The van der Waals surface area contributed by atoms with Crippen LogP contribution in [0.5, 0.6) is 0 Å². The van der Waals surface area contributed by atoms with Crippen LogP contribution in [-0.4, -0.2) is 24.0 Å². The summed E-state index contributed by atoms with van der Waals surface area (Å²) in [5, 5.41) is 2.89. The van der Waals surface area contributed by atoms with Crippen molar-refractivity contribution in [3.05, 3.63) is 35.6 Å². The molecule has 1 aromatic carbocycles. The van der Waals surface area contributed by atoms with Crippen LogP contribution in [0.4, 0.5) is 9.18 Å². The molecule has 3 nitrogen and oxygen atoms in total. The number of urea groups is 1. The van der Waals surface area contributed by atoms with Crippen LogP contribution in [0.2, 0.25) is 0 Å². The minimum Gasteiger partial charge on any atom is -0.338 e. The van der Waals surface area contributed by atoms with Gasteiger partial charge in [-0.25, -0.2) is 9.18 Å². The van der Waals surface area contributed by atoms with Crippen molar-refractivity contribution in [2.75, 3.05) is 13.1 Å². The largest absolute Gasteiger partial charge is 0.338 e. The molecule has 0 atom stereocenters. The maximum atomic E-state index is 13.1. The van der Waals surface area contributed by atoms with Gasteiger partial charge in [0.2, 0.25) is 0 Å². The van der Waals surface area contributed by atoms with Crippen LogP contribution in [0.15, 0.2) is 24.3 Å². The molecule has 1 aromatic rings. The molecule has 0 heterocycles. The number of nitrogens with zero attached hydrogens (tertiary/aromatic N) is 1. The normalized spacial score (nSPS) is 10.6. The Bertz CT molecular complexity index is 407. The van der Waals surface area contributed by atoms with Crippen LogP contribution < -0.4 is 5.32 Å². The number of hydrogen-bond donors (Lipinski definition) is 1. The van der Waals surface area contributed by atoms with Crippen molar-refractivity contribution in [1.29, 1.82) is 0 Å². The summed E-state index contributed by atoms with van der Waals surface area (Å²) in [5.74, 6) is 0.298. The van der Waals surface area contributed by atoms with E-state index < -0.39 is 0 Å². The van der Waals surface area contributed by atoms with Gasteiger partial charge in [-0.15, -0.1) is 0 Å². The second-order valence-corrected chi connectivity index (χ2v) is 5.06. The summed E-state index contributed by atoms with van der Waals surface area (Å²) >= 11 is 0. The maximum absolute atomic E-state index is 13.1. The predicted molar refractivity (Wildman–Crippen MR) is 75.3 cm³/mol. The molecule has 0 aliphatic heterocycles. The SMILES string of the molecule is CCN(Cc1cccc(F)c1)C(=O)NCCC(C)C. The number of amides is 2. The number of rotatable bonds is 6. The fourth-order valence-electron chi connectivity index (χ4n) is 1.76. The molecule has 1 N–H and O–H groups in total. The third-order valence-electron chi connectivity index (χ3n) is 2.93. The van der Waals surface area contributed by atoms with Crippen LogP contribution in [0.3, 0.4) is 0 Å². The third kappa shape index (κ3) is 5.73. The minimum atomic E-state index is -0.270. The van der Waals surface area contributed by atoms with Crippen LogP contribution in [-0.2, 0) is 6.54 Å². The molecule has 0 spiro atoms.